The number of halogens is 4. The van der Waals surface area contributed by atoms with Crippen LogP contribution in [-0.2, 0) is 11.0 Å². The van der Waals surface area contributed by atoms with Gasteiger partial charge in [0.15, 0.2) is 11.4 Å². The molecular formula is C34H31ClF3NO4. The maximum Gasteiger partial charge on any atom is 0.416 e. The molecule has 5 nitrogen and oxygen atoms in total. The monoisotopic (exact) mass is 609 g/mol. The summed E-state index contributed by atoms with van der Waals surface area (Å²) in [7, 11) is 0. The summed E-state index contributed by atoms with van der Waals surface area (Å²) in [5.74, 6) is 0.151. The molecule has 224 valence electrons. The van der Waals surface area contributed by atoms with Crippen LogP contribution in [-0.4, -0.2) is 23.3 Å². The van der Waals surface area contributed by atoms with E-state index < -0.39 is 23.4 Å². The Labute approximate surface area is 253 Å². The van der Waals surface area contributed by atoms with Gasteiger partial charge in [-0.25, -0.2) is 0 Å². The zero-order chi connectivity index (χ0) is 31.2. The Morgan fingerprint density at radius 3 is 1.88 bits per heavy atom. The lowest BCUT2D eigenvalue weighted by atomic mass is 10.0. The van der Waals surface area contributed by atoms with Crippen LogP contribution in [0.25, 0.3) is 0 Å². The number of ether oxygens (including phenoxy) is 2. The van der Waals surface area contributed by atoms with Crippen LogP contribution in [0.2, 0.25) is 5.02 Å². The van der Waals surface area contributed by atoms with E-state index in [4.69, 9.17) is 21.1 Å². The minimum absolute atomic E-state index is 0.166. The quantitative estimate of drug-likeness (QED) is 0.173. The molecule has 0 fully saturated rings. The normalized spacial score (nSPS) is 13.1. The molecule has 0 aliphatic heterocycles. The predicted molar refractivity (Wildman–Crippen MR) is 160 cm³/mol. The Morgan fingerprint density at radius 1 is 0.791 bits per heavy atom. The molecule has 4 rings (SSSR count). The third kappa shape index (κ3) is 8.61. The summed E-state index contributed by atoms with van der Waals surface area (Å²) >= 11 is 5.91. The second kappa shape index (κ2) is 13.3. The molecular weight excluding hydrogens is 579 g/mol. The van der Waals surface area contributed by atoms with Crippen LogP contribution >= 0.6 is 11.6 Å². The summed E-state index contributed by atoms with van der Waals surface area (Å²) in [6, 6.07) is 26.5. The maximum atomic E-state index is 13.2. The smallest absolute Gasteiger partial charge is 0.416 e. The highest BCUT2D eigenvalue weighted by Crippen LogP contribution is 2.32. The fourth-order valence-electron chi connectivity index (χ4n) is 4.37. The van der Waals surface area contributed by atoms with E-state index in [2.05, 4.69) is 5.32 Å². The summed E-state index contributed by atoms with van der Waals surface area (Å²) in [5.41, 5.74) is -0.241. The van der Waals surface area contributed by atoms with Gasteiger partial charge in [-0.05, 0) is 99.1 Å². The van der Waals surface area contributed by atoms with Crippen molar-refractivity contribution >= 4 is 23.3 Å². The van der Waals surface area contributed by atoms with Gasteiger partial charge in [-0.1, -0.05) is 41.9 Å². The molecule has 0 radical (unpaired) electrons. The molecule has 0 heterocycles. The van der Waals surface area contributed by atoms with E-state index >= 15 is 0 Å². The number of hydrogen-bond acceptors (Lipinski definition) is 4. The van der Waals surface area contributed by atoms with E-state index in [1.54, 1.807) is 62.4 Å². The van der Waals surface area contributed by atoms with Crippen LogP contribution in [0.5, 0.6) is 11.5 Å². The van der Waals surface area contributed by atoms with Crippen LogP contribution in [0.4, 0.5) is 13.2 Å². The van der Waals surface area contributed by atoms with Crippen LogP contribution in [0.3, 0.4) is 0 Å². The van der Waals surface area contributed by atoms with Crippen LogP contribution in [0, 0.1) is 0 Å². The van der Waals surface area contributed by atoms with E-state index in [9.17, 15) is 22.8 Å². The molecule has 43 heavy (non-hydrogen) atoms. The first-order valence-electron chi connectivity index (χ1n) is 13.6. The van der Waals surface area contributed by atoms with Crippen molar-refractivity contribution in [3.05, 3.63) is 130 Å². The Balaban J connectivity index is 1.39. The van der Waals surface area contributed by atoms with Crippen molar-refractivity contribution in [2.24, 2.45) is 0 Å². The fourth-order valence-corrected chi connectivity index (χ4v) is 4.49. The number of hydrogen-bond donors (Lipinski definition) is 1. The predicted octanol–water partition coefficient (Wildman–Crippen LogP) is 8.46. The average Bonchev–Trinajstić information content (AvgIpc) is 2.97. The van der Waals surface area contributed by atoms with Crippen molar-refractivity contribution in [2.45, 2.75) is 51.1 Å². The molecule has 0 aliphatic carbocycles. The van der Waals surface area contributed by atoms with Crippen molar-refractivity contribution in [2.75, 3.05) is 0 Å². The lowest BCUT2D eigenvalue weighted by Crippen LogP contribution is -2.49. The number of carbonyl (C=O) groups is 2. The zero-order valence-electron chi connectivity index (χ0n) is 23.8. The molecule has 4 aromatic rings. The van der Waals surface area contributed by atoms with Gasteiger partial charge in [0.2, 0.25) is 0 Å². The van der Waals surface area contributed by atoms with Gasteiger partial charge in [0.05, 0.1) is 5.56 Å². The first kappa shape index (κ1) is 31.6. The highest BCUT2D eigenvalue weighted by Gasteiger charge is 2.32. The van der Waals surface area contributed by atoms with Crippen molar-refractivity contribution in [1.29, 1.82) is 0 Å². The first-order chi connectivity index (χ1) is 20.3. The number of amides is 1. The molecule has 1 N–H and O–H groups in total. The number of benzene rings is 4. The lowest BCUT2D eigenvalue weighted by Gasteiger charge is -2.29. The fraction of sp³-hybridized carbons (Fsp3) is 0.235. The summed E-state index contributed by atoms with van der Waals surface area (Å²) < 4.78 is 51.0. The first-order valence-corrected chi connectivity index (χ1v) is 14.0. The van der Waals surface area contributed by atoms with Gasteiger partial charge in [0.1, 0.15) is 17.6 Å². The molecule has 0 aliphatic rings. The molecule has 0 spiro atoms. The Hall–Kier alpha value is -4.30. The number of ketones is 1. The third-order valence-electron chi connectivity index (χ3n) is 6.72. The number of carbonyl (C=O) groups excluding carboxylic acids is 2. The molecule has 4 aromatic carbocycles. The minimum Gasteiger partial charge on any atom is -0.486 e. The van der Waals surface area contributed by atoms with Gasteiger partial charge in [-0.15, -0.1) is 0 Å². The standard InChI is InChI=1S/C34H31ClF3NO4/c1-22(21-30(23-7-5-4-6-8-23)42-28-19-13-26(14-20-28)34(36,37)38)39-32(41)33(2,3)43-29-17-11-25(12-18-29)31(40)24-9-15-27(35)16-10-24/h4-20,22,30H,21H2,1-3H3,(H,39,41)/t22-,30-/m0/s1. The van der Waals surface area contributed by atoms with E-state index in [1.807, 2.05) is 37.3 Å². The summed E-state index contributed by atoms with van der Waals surface area (Å²) in [6.07, 6.45) is -4.64. The van der Waals surface area contributed by atoms with E-state index in [1.165, 1.54) is 12.1 Å². The Kier molecular flexibility index (Phi) is 9.81. The van der Waals surface area contributed by atoms with Crippen molar-refractivity contribution in [1.82, 2.24) is 5.32 Å². The zero-order valence-corrected chi connectivity index (χ0v) is 24.6. The van der Waals surface area contributed by atoms with Crippen molar-refractivity contribution in [3.8, 4) is 11.5 Å². The highest BCUT2D eigenvalue weighted by atomic mass is 35.5. The summed E-state index contributed by atoms with van der Waals surface area (Å²) in [5, 5.41) is 3.49. The summed E-state index contributed by atoms with van der Waals surface area (Å²) in [4.78, 5) is 26.0. The summed E-state index contributed by atoms with van der Waals surface area (Å²) in [6.45, 7) is 5.08. The Morgan fingerprint density at radius 2 is 1.33 bits per heavy atom. The van der Waals surface area contributed by atoms with E-state index in [-0.39, 0.29) is 23.5 Å². The SMILES string of the molecule is C[C@@H](C[C@H](Oc1ccc(C(F)(F)F)cc1)c1ccccc1)NC(=O)C(C)(C)Oc1ccc(C(=O)c2ccc(Cl)cc2)cc1. The third-order valence-corrected chi connectivity index (χ3v) is 6.97. The van der Waals surface area contributed by atoms with Gasteiger partial charge in [-0.3, -0.25) is 9.59 Å². The van der Waals surface area contributed by atoms with E-state index in [0.717, 1.165) is 17.7 Å². The molecule has 9 heteroatoms. The minimum atomic E-state index is -4.44. The van der Waals surface area contributed by atoms with Gasteiger partial charge in [0.25, 0.3) is 5.91 Å². The molecule has 2 atom stereocenters. The topological polar surface area (TPSA) is 64.6 Å². The Bertz CT molecular complexity index is 1520. The molecule has 0 saturated carbocycles. The largest absolute Gasteiger partial charge is 0.486 e. The average molecular weight is 610 g/mol. The number of nitrogens with one attached hydrogen (secondary N) is 1. The molecule has 0 aromatic heterocycles. The molecule has 1 amide bonds. The van der Waals surface area contributed by atoms with Gasteiger partial charge in [0, 0.05) is 28.6 Å². The maximum absolute atomic E-state index is 13.2. The van der Waals surface area contributed by atoms with Gasteiger partial charge >= 0.3 is 6.18 Å². The van der Waals surface area contributed by atoms with Crippen LogP contribution in [0.15, 0.2) is 103 Å². The second-order valence-corrected chi connectivity index (χ2v) is 11.1. The number of rotatable bonds is 11. The van der Waals surface area contributed by atoms with Gasteiger partial charge in [-0.2, -0.15) is 13.2 Å². The van der Waals surface area contributed by atoms with Gasteiger partial charge < -0.3 is 14.8 Å². The number of alkyl halides is 3. The second-order valence-electron chi connectivity index (χ2n) is 10.6. The molecule has 0 saturated heterocycles. The molecule has 0 bridgehead atoms. The lowest BCUT2D eigenvalue weighted by molar-refractivity contribution is -0.137. The van der Waals surface area contributed by atoms with Crippen LogP contribution in [0.1, 0.15) is 60.3 Å². The van der Waals surface area contributed by atoms with Crippen molar-refractivity contribution < 1.29 is 32.2 Å². The van der Waals surface area contributed by atoms with Crippen LogP contribution < -0.4 is 14.8 Å². The van der Waals surface area contributed by atoms with E-state index in [0.29, 0.717) is 28.3 Å². The molecule has 0 unspecified atom stereocenters. The van der Waals surface area contributed by atoms with Crippen molar-refractivity contribution in [3.63, 3.8) is 0 Å². The highest BCUT2D eigenvalue weighted by molar-refractivity contribution is 6.30.